The van der Waals surface area contributed by atoms with Crippen LogP contribution in [0, 0.1) is 5.41 Å². The highest BCUT2D eigenvalue weighted by Gasteiger charge is 2.46. The normalized spacial score (nSPS) is 19.5. The summed E-state index contributed by atoms with van der Waals surface area (Å²) in [6.45, 7) is 1.44. The highest BCUT2D eigenvalue weighted by molar-refractivity contribution is 6.33. The van der Waals surface area contributed by atoms with Gasteiger partial charge in [0.1, 0.15) is 5.52 Å². The highest BCUT2D eigenvalue weighted by atomic mass is 35.5. The molecule has 1 aliphatic carbocycles. The van der Waals surface area contributed by atoms with E-state index >= 15 is 0 Å². The summed E-state index contributed by atoms with van der Waals surface area (Å²) in [6, 6.07) is 11.9. The molecule has 0 radical (unpaired) electrons. The Morgan fingerprint density at radius 1 is 1.06 bits per heavy atom. The molecule has 1 aliphatic heterocycles. The average molecular weight is 500 g/mol. The van der Waals surface area contributed by atoms with Crippen molar-refractivity contribution < 1.29 is 17.6 Å². The number of aromatic nitrogens is 3. The quantitative estimate of drug-likeness (QED) is 0.375. The van der Waals surface area contributed by atoms with Gasteiger partial charge in [-0.15, -0.1) is 0 Å². The van der Waals surface area contributed by atoms with Gasteiger partial charge < -0.3 is 15.1 Å². The van der Waals surface area contributed by atoms with Crippen LogP contribution in [0.25, 0.3) is 22.7 Å². The summed E-state index contributed by atoms with van der Waals surface area (Å²) in [5.74, 6) is 0.214. The fraction of sp³-hybridized carbons (Fsp3) is 0.320. The van der Waals surface area contributed by atoms with Gasteiger partial charge in [-0.25, -0.2) is 9.97 Å². The lowest BCUT2D eigenvalue weighted by molar-refractivity contribution is -0.137. The maximum atomic E-state index is 13.5. The molecule has 2 aromatic heterocycles. The number of fused-ring (bicyclic) bond motifs is 2. The molecule has 6 nitrogen and oxygen atoms in total. The van der Waals surface area contributed by atoms with E-state index in [-0.39, 0.29) is 39.2 Å². The molecule has 180 valence electrons. The second-order valence-electron chi connectivity index (χ2n) is 9.24. The molecule has 0 unspecified atom stereocenters. The molecular weight excluding hydrogens is 479 g/mol. The van der Waals surface area contributed by atoms with Gasteiger partial charge in [-0.05, 0) is 47.9 Å². The summed E-state index contributed by atoms with van der Waals surface area (Å²) < 4.78 is 46.3. The molecule has 1 saturated heterocycles. The Balaban J connectivity index is 1.27. The second kappa shape index (κ2) is 7.93. The van der Waals surface area contributed by atoms with E-state index in [1.807, 2.05) is 6.07 Å². The monoisotopic (exact) mass is 499 g/mol. The first-order chi connectivity index (χ1) is 16.7. The van der Waals surface area contributed by atoms with E-state index < -0.39 is 11.7 Å². The van der Waals surface area contributed by atoms with Gasteiger partial charge in [0, 0.05) is 19.1 Å². The number of nitrogens with two attached hydrogens (primary N) is 1. The van der Waals surface area contributed by atoms with E-state index in [1.165, 1.54) is 29.5 Å². The van der Waals surface area contributed by atoms with Crippen molar-refractivity contribution in [1.82, 2.24) is 15.0 Å². The summed E-state index contributed by atoms with van der Waals surface area (Å²) in [7, 11) is 0. The van der Waals surface area contributed by atoms with Gasteiger partial charge in [-0.2, -0.15) is 18.2 Å². The molecule has 0 saturated carbocycles. The van der Waals surface area contributed by atoms with Gasteiger partial charge in [-0.3, -0.25) is 0 Å². The number of benzene rings is 2. The molecule has 2 N–H and O–H groups in total. The number of alkyl halides is 3. The van der Waals surface area contributed by atoms with Crippen LogP contribution in [0.5, 0.6) is 0 Å². The Morgan fingerprint density at radius 2 is 1.83 bits per heavy atom. The number of hydrogen-bond acceptors (Lipinski definition) is 6. The minimum Gasteiger partial charge on any atom is -0.417 e. The van der Waals surface area contributed by atoms with Crippen molar-refractivity contribution >= 4 is 28.8 Å². The SMILES string of the molecule is N[C@@H]1c2ccccc2CC12CCN(c1ncc3nc(-c4c(Cl)cccc4C(F)(F)F)oc3n1)CC2. The van der Waals surface area contributed by atoms with E-state index in [0.29, 0.717) is 5.95 Å². The van der Waals surface area contributed by atoms with E-state index in [1.54, 1.807) is 0 Å². The fourth-order valence-corrected chi connectivity index (χ4v) is 5.68. The summed E-state index contributed by atoms with van der Waals surface area (Å²) in [4.78, 5) is 15.1. The molecule has 6 rings (SSSR count). The zero-order valence-electron chi connectivity index (χ0n) is 18.5. The van der Waals surface area contributed by atoms with Crippen molar-refractivity contribution in [2.45, 2.75) is 31.5 Å². The van der Waals surface area contributed by atoms with Crippen molar-refractivity contribution in [2.24, 2.45) is 11.1 Å². The van der Waals surface area contributed by atoms with E-state index in [4.69, 9.17) is 21.8 Å². The number of nitrogens with zero attached hydrogens (tertiary/aromatic N) is 4. The Morgan fingerprint density at radius 3 is 2.57 bits per heavy atom. The highest BCUT2D eigenvalue weighted by Crippen LogP contribution is 2.51. The first kappa shape index (κ1) is 22.3. The first-order valence-corrected chi connectivity index (χ1v) is 11.7. The Hall–Kier alpha value is -3.17. The van der Waals surface area contributed by atoms with Crippen molar-refractivity contribution in [3.8, 4) is 11.5 Å². The molecule has 0 amide bonds. The maximum absolute atomic E-state index is 13.5. The van der Waals surface area contributed by atoms with E-state index in [2.05, 4.69) is 38.1 Å². The topological polar surface area (TPSA) is 81.1 Å². The minimum absolute atomic E-state index is 0.000435. The minimum atomic E-state index is -4.61. The van der Waals surface area contributed by atoms with Crippen molar-refractivity contribution in [3.05, 3.63) is 70.4 Å². The predicted molar refractivity (Wildman–Crippen MR) is 126 cm³/mol. The number of hydrogen-bond donors (Lipinski definition) is 1. The van der Waals surface area contributed by atoms with Crippen LogP contribution in [0.1, 0.15) is 35.6 Å². The lowest BCUT2D eigenvalue weighted by Gasteiger charge is -2.42. The van der Waals surface area contributed by atoms with Crippen LogP contribution < -0.4 is 10.6 Å². The van der Waals surface area contributed by atoms with Gasteiger partial charge in [-0.1, -0.05) is 41.9 Å². The molecule has 1 fully saturated rings. The van der Waals surface area contributed by atoms with E-state index in [0.717, 1.165) is 38.4 Å². The predicted octanol–water partition coefficient (Wildman–Crippen LogP) is 5.80. The summed E-state index contributed by atoms with van der Waals surface area (Å²) >= 11 is 6.10. The molecule has 1 atom stereocenters. The third-order valence-corrected chi connectivity index (χ3v) is 7.62. The van der Waals surface area contributed by atoms with Gasteiger partial charge in [0.25, 0.3) is 5.71 Å². The molecule has 1 spiro atoms. The third kappa shape index (κ3) is 3.65. The molecule has 2 aromatic carbocycles. The third-order valence-electron chi connectivity index (χ3n) is 7.31. The molecule has 0 bridgehead atoms. The first-order valence-electron chi connectivity index (χ1n) is 11.3. The van der Waals surface area contributed by atoms with Crippen LogP contribution >= 0.6 is 11.6 Å². The van der Waals surface area contributed by atoms with Crippen molar-refractivity contribution in [2.75, 3.05) is 18.0 Å². The number of halogens is 4. The van der Waals surface area contributed by atoms with Gasteiger partial charge in [0.05, 0.1) is 22.3 Å². The zero-order chi connectivity index (χ0) is 24.4. The molecule has 4 aromatic rings. The second-order valence-corrected chi connectivity index (χ2v) is 9.65. The Bertz CT molecular complexity index is 1430. The van der Waals surface area contributed by atoms with Crippen LogP contribution in [0.3, 0.4) is 0 Å². The van der Waals surface area contributed by atoms with Crippen LogP contribution in [-0.2, 0) is 12.6 Å². The lowest BCUT2D eigenvalue weighted by Crippen LogP contribution is -2.44. The summed E-state index contributed by atoms with van der Waals surface area (Å²) in [5.41, 5.74) is 8.38. The molecule has 10 heteroatoms. The number of piperidine rings is 1. The van der Waals surface area contributed by atoms with Gasteiger partial charge in [0.15, 0.2) is 0 Å². The Labute approximate surface area is 203 Å². The summed E-state index contributed by atoms with van der Waals surface area (Å²) in [5, 5.41) is -0.102. The molecule has 35 heavy (non-hydrogen) atoms. The number of oxazole rings is 1. The van der Waals surface area contributed by atoms with E-state index in [9.17, 15) is 13.2 Å². The van der Waals surface area contributed by atoms with Crippen LogP contribution in [0.4, 0.5) is 19.1 Å². The zero-order valence-corrected chi connectivity index (χ0v) is 19.3. The van der Waals surface area contributed by atoms with Gasteiger partial charge in [0.2, 0.25) is 11.8 Å². The fourth-order valence-electron chi connectivity index (χ4n) is 5.42. The average Bonchev–Trinajstić information content (AvgIpc) is 3.37. The standard InChI is InChI=1S/C25H21ClF3N5O/c26-17-7-3-6-16(25(27,28)29)19(17)22-32-18-13-31-23(33-21(18)35-22)34-10-8-24(9-11-34)12-14-4-1-2-5-15(14)20(24)30/h1-7,13,20H,8-12,30H2/t20-/m1/s1. The largest absolute Gasteiger partial charge is 0.417 e. The van der Waals surface area contributed by atoms with Crippen molar-refractivity contribution in [1.29, 1.82) is 0 Å². The summed E-state index contributed by atoms with van der Waals surface area (Å²) in [6.07, 6.45) is -0.400. The molecular formula is C25H21ClF3N5O. The molecule has 3 heterocycles. The lowest BCUT2D eigenvalue weighted by atomic mass is 9.73. The molecule has 2 aliphatic rings. The van der Waals surface area contributed by atoms with Gasteiger partial charge >= 0.3 is 6.18 Å². The maximum Gasteiger partial charge on any atom is 0.417 e. The number of anilines is 1. The van der Waals surface area contributed by atoms with Crippen molar-refractivity contribution in [3.63, 3.8) is 0 Å². The smallest absolute Gasteiger partial charge is 0.417 e. The number of rotatable bonds is 2. The Kier molecular flexibility index (Phi) is 5.05. The van der Waals surface area contributed by atoms with Crippen LogP contribution in [0.2, 0.25) is 5.02 Å². The van der Waals surface area contributed by atoms with Crippen LogP contribution in [-0.4, -0.2) is 28.0 Å². The van der Waals surface area contributed by atoms with Crippen LogP contribution in [0.15, 0.2) is 53.1 Å².